The fourth-order valence-electron chi connectivity index (χ4n) is 2.09. The molecule has 0 spiro atoms. The molecule has 3 nitrogen and oxygen atoms in total. The van der Waals surface area contributed by atoms with Crippen LogP contribution >= 0.6 is 11.3 Å². The fourth-order valence-corrected chi connectivity index (χ4v) is 2.88. The maximum absolute atomic E-state index is 13.7. The van der Waals surface area contributed by atoms with E-state index in [4.69, 9.17) is 0 Å². The standard InChI is InChI=1S/C15H14FN3S/c1-2-17-14-11-7-8-20-15(11)19-13(18-14)9-10-5-3-4-6-12(10)16/h3-8H,2,9H2,1H3,(H,17,18,19). The van der Waals surface area contributed by atoms with E-state index in [9.17, 15) is 4.39 Å². The zero-order valence-corrected chi connectivity index (χ0v) is 11.9. The molecule has 0 saturated carbocycles. The number of rotatable bonds is 4. The van der Waals surface area contributed by atoms with E-state index < -0.39 is 0 Å². The average molecular weight is 287 g/mol. The van der Waals surface area contributed by atoms with Crippen molar-refractivity contribution in [1.82, 2.24) is 9.97 Å². The SMILES string of the molecule is CCNc1nc(Cc2ccccc2F)nc2sccc12. The molecule has 0 amide bonds. The molecular weight excluding hydrogens is 273 g/mol. The number of hydrogen-bond acceptors (Lipinski definition) is 4. The number of hydrogen-bond donors (Lipinski definition) is 1. The van der Waals surface area contributed by atoms with Gasteiger partial charge in [0.15, 0.2) is 0 Å². The Morgan fingerprint density at radius 3 is 2.85 bits per heavy atom. The smallest absolute Gasteiger partial charge is 0.138 e. The molecule has 2 heterocycles. The lowest BCUT2D eigenvalue weighted by Crippen LogP contribution is -2.05. The molecule has 5 heteroatoms. The van der Waals surface area contributed by atoms with Gasteiger partial charge in [0.25, 0.3) is 0 Å². The second-order valence-electron chi connectivity index (χ2n) is 4.43. The number of anilines is 1. The van der Waals surface area contributed by atoms with Crippen LogP contribution in [0.25, 0.3) is 10.2 Å². The third-order valence-electron chi connectivity index (χ3n) is 3.02. The number of fused-ring (bicyclic) bond motifs is 1. The van der Waals surface area contributed by atoms with Crippen molar-refractivity contribution in [3.8, 4) is 0 Å². The predicted molar refractivity (Wildman–Crippen MR) is 80.8 cm³/mol. The van der Waals surface area contributed by atoms with Crippen LogP contribution in [-0.4, -0.2) is 16.5 Å². The molecular formula is C15H14FN3S. The lowest BCUT2D eigenvalue weighted by Gasteiger charge is -2.07. The van der Waals surface area contributed by atoms with E-state index >= 15 is 0 Å². The van der Waals surface area contributed by atoms with Gasteiger partial charge in [-0.25, -0.2) is 14.4 Å². The Labute approximate surface area is 120 Å². The fraction of sp³-hybridized carbons (Fsp3) is 0.200. The highest BCUT2D eigenvalue weighted by molar-refractivity contribution is 7.16. The predicted octanol–water partition coefficient (Wildman–Crippen LogP) is 3.85. The van der Waals surface area contributed by atoms with Crippen molar-refractivity contribution in [3.63, 3.8) is 0 Å². The van der Waals surface area contributed by atoms with Gasteiger partial charge in [0.1, 0.15) is 22.3 Å². The maximum Gasteiger partial charge on any atom is 0.138 e. The summed E-state index contributed by atoms with van der Waals surface area (Å²) in [7, 11) is 0. The van der Waals surface area contributed by atoms with Crippen LogP contribution in [0, 0.1) is 5.82 Å². The molecule has 0 aliphatic heterocycles. The first-order chi connectivity index (χ1) is 9.78. The van der Waals surface area contributed by atoms with Crippen molar-refractivity contribution >= 4 is 27.4 Å². The van der Waals surface area contributed by atoms with E-state index in [1.807, 2.05) is 24.4 Å². The second kappa shape index (κ2) is 5.54. The Kier molecular flexibility index (Phi) is 3.60. The molecule has 0 radical (unpaired) electrons. The van der Waals surface area contributed by atoms with Crippen LogP contribution in [-0.2, 0) is 6.42 Å². The summed E-state index contributed by atoms with van der Waals surface area (Å²) in [5, 5.41) is 6.25. The van der Waals surface area contributed by atoms with Crippen molar-refractivity contribution in [2.24, 2.45) is 0 Å². The third kappa shape index (κ3) is 2.49. The first-order valence-corrected chi connectivity index (χ1v) is 7.37. The van der Waals surface area contributed by atoms with E-state index in [0.717, 1.165) is 22.6 Å². The summed E-state index contributed by atoms with van der Waals surface area (Å²) in [6.07, 6.45) is 0.402. The molecule has 20 heavy (non-hydrogen) atoms. The summed E-state index contributed by atoms with van der Waals surface area (Å²) in [6.45, 7) is 2.82. The lowest BCUT2D eigenvalue weighted by atomic mass is 10.1. The van der Waals surface area contributed by atoms with Gasteiger partial charge in [-0.15, -0.1) is 11.3 Å². The van der Waals surface area contributed by atoms with Crippen LogP contribution in [0.1, 0.15) is 18.3 Å². The van der Waals surface area contributed by atoms with Crippen LogP contribution in [0.5, 0.6) is 0 Å². The number of aromatic nitrogens is 2. The number of halogens is 1. The molecule has 0 saturated heterocycles. The van der Waals surface area contributed by atoms with Gasteiger partial charge >= 0.3 is 0 Å². The zero-order valence-electron chi connectivity index (χ0n) is 11.1. The molecule has 102 valence electrons. The van der Waals surface area contributed by atoms with Gasteiger partial charge in [-0.1, -0.05) is 18.2 Å². The van der Waals surface area contributed by atoms with Crippen molar-refractivity contribution in [2.45, 2.75) is 13.3 Å². The first kappa shape index (κ1) is 13.0. The van der Waals surface area contributed by atoms with Crippen LogP contribution in [0.3, 0.4) is 0 Å². The summed E-state index contributed by atoms with van der Waals surface area (Å²) in [6, 6.07) is 8.75. The van der Waals surface area contributed by atoms with E-state index in [1.54, 1.807) is 23.5 Å². The molecule has 0 aliphatic carbocycles. The quantitative estimate of drug-likeness (QED) is 0.792. The number of thiophene rings is 1. The normalized spacial score (nSPS) is 10.9. The molecule has 3 aromatic rings. The van der Waals surface area contributed by atoms with Crippen molar-refractivity contribution in [1.29, 1.82) is 0 Å². The molecule has 0 unspecified atom stereocenters. The largest absolute Gasteiger partial charge is 0.370 e. The van der Waals surface area contributed by atoms with Gasteiger partial charge in [-0.05, 0) is 30.0 Å². The molecule has 0 atom stereocenters. The molecule has 1 aromatic carbocycles. The van der Waals surface area contributed by atoms with Gasteiger partial charge < -0.3 is 5.32 Å². The minimum absolute atomic E-state index is 0.215. The van der Waals surface area contributed by atoms with Gasteiger partial charge in [0.2, 0.25) is 0 Å². The minimum Gasteiger partial charge on any atom is -0.370 e. The maximum atomic E-state index is 13.7. The molecule has 0 bridgehead atoms. The summed E-state index contributed by atoms with van der Waals surface area (Å²) in [4.78, 5) is 9.96. The van der Waals surface area contributed by atoms with Gasteiger partial charge in [-0.2, -0.15) is 0 Å². The Bertz CT molecular complexity index is 739. The molecule has 1 N–H and O–H groups in total. The monoisotopic (exact) mass is 287 g/mol. The average Bonchev–Trinajstić information content (AvgIpc) is 2.90. The molecule has 0 aliphatic rings. The summed E-state index contributed by atoms with van der Waals surface area (Å²) in [5.74, 6) is 1.25. The Balaban J connectivity index is 2.01. The van der Waals surface area contributed by atoms with Crippen LogP contribution < -0.4 is 5.32 Å². The van der Waals surface area contributed by atoms with Gasteiger partial charge in [0, 0.05) is 13.0 Å². The van der Waals surface area contributed by atoms with Crippen molar-refractivity contribution in [2.75, 3.05) is 11.9 Å². The van der Waals surface area contributed by atoms with Crippen LogP contribution in [0.2, 0.25) is 0 Å². The molecule has 2 aromatic heterocycles. The molecule has 0 fully saturated rings. The van der Waals surface area contributed by atoms with Crippen LogP contribution in [0.15, 0.2) is 35.7 Å². The van der Waals surface area contributed by atoms with Gasteiger partial charge in [-0.3, -0.25) is 0 Å². The summed E-state index contributed by atoms with van der Waals surface area (Å²) >= 11 is 1.57. The topological polar surface area (TPSA) is 37.8 Å². The van der Waals surface area contributed by atoms with E-state index in [-0.39, 0.29) is 5.82 Å². The zero-order chi connectivity index (χ0) is 13.9. The Morgan fingerprint density at radius 2 is 2.05 bits per heavy atom. The summed E-state index contributed by atoms with van der Waals surface area (Å²) in [5.41, 5.74) is 0.617. The van der Waals surface area contributed by atoms with Crippen molar-refractivity contribution in [3.05, 3.63) is 52.9 Å². The molecule has 3 rings (SSSR count). The summed E-state index contributed by atoms with van der Waals surface area (Å²) < 4.78 is 13.7. The van der Waals surface area contributed by atoms with Crippen LogP contribution in [0.4, 0.5) is 10.2 Å². The lowest BCUT2D eigenvalue weighted by molar-refractivity contribution is 0.612. The number of nitrogens with zero attached hydrogens (tertiary/aromatic N) is 2. The highest BCUT2D eigenvalue weighted by Crippen LogP contribution is 2.25. The first-order valence-electron chi connectivity index (χ1n) is 6.49. The third-order valence-corrected chi connectivity index (χ3v) is 3.83. The van der Waals surface area contributed by atoms with E-state index in [2.05, 4.69) is 15.3 Å². The Hall–Kier alpha value is -2.01. The minimum atomic E-state index is -0.215. The Morgan fingerprint density at radius 1 is 1.20 bits per heavy atom. The van der Waals surface area contributed by atoms with Crippen molar-refractivity contribution < 1.29 is 4.39 Å². The van der Waals surface area contributed by atoms with E-state index in [1.165, 1.54) is 6.07 Å². The highest BCUT2D eigenvalue weighted by Gasteiger charge is 2.10. The number of nitrogens with one attached hydrogen (secondary N) is 1. The highest BCUT2D eigenvalue weighted by atomic mass is 32.1. The van der Waals surface area contributed by atoms with Gasteiger partial charge in [0.05, 0.1) is 5.39 Å². The second-order valence-corrected chi connectivity index (χ2v) is 5.32. The number of benzene rings is 1. The van der Waals surface area contributed by atoms with E-state index in [0.29, 0.717) is 17.8 Å².